The van der Waals surface area contributed by atoms with Crippen molar-refractivity contribution < 1.29 is 15.3 Å². The van der Waals surface area contributed by atoms with E-state index in [9.17, 15) is 10.2 Å². The predicted molar refractivity (Wildman–Crippen MR) is 57.5 cm³/mol. The van der Waals surface area contributed by atoms with Gasteiger partial charge in [-0.2, -0.15) is 0 Å². The van der Waals surface area contributed by atoms with Crippen molar-refractivity contribution >= 4 is 0 Å². The molecule has 1 aromatic rings. The van der Waals surface area contributed by atoms with Crippen molar-refractivity contribution in [1.29, 1.82) is 0 Å². The van der Waals surface area contributed by atoms with Gasteiger partial charge in [-0.15, -0.1) is 0 Å². The topological polar surface area (TPSA) is 86.7 Å². The van der Waals surface area contributed by atoms with Gasteiger partial charge in [0, 0.05) is 12.6 Å². The molecule has 2 atom stereocenters. The maximum Gasteiger partial charge on any atom is 0.115 e. The average Bonchev–Trinajstić information content (AvgIpc) is 2.17. The molecule has 0 saturated carbocycles. The number of rotatable bonds is 4. The molecule has 0 bridgehead atoms. The van der Waals surface area contributed by atoms with E-state index in [4.69, 9.17) is 10.8 Å². The second kappa shape index (κ2) is 5.11. The Hall–Kier alpha value is -1.10. The third kappa shape index (κ3) is 2.92. The van der Waals surface area contributed by atoms with E-state index >= 15 is 0 Å². The summed E-state index contributed by atoms with van der Waals surface area (Å²) in [6.07, 6.45) is -0.459. The van der Waals surface area contributed by atoms with E-state index in [0.29, 0.717) is 12.0 Å². The Bertz CT molecular complexity index is 328. The third-order valence-electron chi connectivity index (χ3n) is 2.44. The Labute approximate surface area is 89.0 Å². The third-order valence-corrected chi connectivity index (χ3v) is 2.44. The zero-order valence-electron chi connectivity index (χ0n) is 8.72. The van der Waals surface area contributed by atoms with Crippen molar-refractivity contribution in [3.05, 3.63) is 29.3 Å². The van der Waals surface area contributed by atoms with Crippen molar-refractivity contribution in [1.82, 2.24) is 0 Å². The van der Waals surface area contributed by atoms with Crippen LogP contribution in [0.15, 0.2) is 18.2 Å². The van der Waals surface area contributed by atoms with Crippen LogP contribution in [0.2, 0.25) is 0 Å². The van der Waals surface area contributed by atoms with Crippen molar-refractivity contribution in [2.24, 2.45) is 5.73 Å². The number of aliphatic hydroxyl groups is 2. The SMILES string of the molecule is Cc1cc(O)ccc1C(O)C(N)CCO. The number of hydrogen-bond acceptors (Lipinski definition) is 4. The monoisotopic (exact) mass is 211 g/mol. The van der Waals surface area contributed by atoms with Crippen molar-refractivity contribution in [2.75, 3.05) is 6.61 Å². The van der Waals surface area contributed by atoms with Gasteiger partial charge < -0.3 is 21.1 Å². The summed E-state index contributed by atoms with van der Waals surface area (Å²) in [5.74, 6) is 0.166. The molecular formula is C11H17NO3. The number of nitrogens with two attached hydrogens (primary N) is 1. The first-order valence-corrected chi connectivity index (χ1v) is 4.90. The lowest BCUT2D eigenvalue weighted by molar-refractivity contribution is 0.128. The number of hydrogen-bond donors (Lipinski definition) is 4. The van der Waals surface area contributed by atoms with Gasteiger partial charge in [-0.25, -0.2) is 0 Å². The molecular weight excluding hydrogens is 194 g/mol. The Morgan fingerprint density at radius 3 is 2.60 bits per heavy atom. The lowest BCUT2D eigenvalue weighted by Crippen LogP contribution is -2.29. The molecule has 0 radical (unpaired) electrons. The van der Waals surface area contributed by atoms with Gasteiger partial charge in [-0.3, -0.25) is 0 Å². The highest BCUT2D eigenvalue weighted by atomic mass is 16.3. The summed E-state index contributed by atoms with van der Waals surface area (Å²) in [5.41, 5.74) is 7.17. The van der Waals surface area contributed by atoms with Crippen LogP contribution in [0, 0.1) is 6.92 Å². The second-order valence-corrected chi connectivity index (χ2v) is 3.66. The fourth-order valence-corrected chi connectivity index (χ4v) is 1.53. The molecule has 0 amide bonds. The Morgan fingerprint density at radius 1 is 1.40 bits per heavy atom. The van der Waals surface area contributed by atoms with Crippen LogP contribution in [0.25, 0.3) is 0 Å². The number of aryl methyl sites for hydroxylation is 1. The van der Waals surface area contributed by atoms with Gasteiger partial charge in [0.15, 0.2) is 0 Å². The molecule has 0 aliphatic heterocycles. The maximum atomic E-state index is 9.87. The Kier molecular flexibility index (Phi) is 4.08. The highest BCUT2D eigenvalue weighted by Gasteiger charge is 2.18. The normalized spacial score (nSPS) is 14.9. The lowest BCUT2D eigenvalue weighted by atomic mass is 9.96. The van der Waals surface area contributed by atoms with Crippen LogP contribution in [0.3, 0.4) is 0 Å². The second-order valence-electron chi connectivity index (χ2n) is 3.66. The summed E-state index contributed by atoms with van der Waals surface area (Å²) in [6, 6.07) is 4.24. The summed E-state index contributed by atoms with van der Waals surface area (Å²) in [6.45, 7) is 1.75. The predicted octanol–water partition coefficient (Wildman–Crippen LogP) is 0.444. The van der Waals surface area contributed by atoms with Crippen molar-refractivity contribution in [3.8, 4) is 5.75 Å². The minimum absolute atomic E-state index is 0.0463. The summed E-state index contributed by atoms with van der Waals surface area (Å²) < 4.78 is 0. The maximum absolute atomic E-state index is 9.87. The van der Waals surface area contributed by atoms with E-state index in [-0.39, 0.29) is 12.4 Å². The number of phenols is 1. The molecule has 4 nitrogen and oxygen atoms in total. The van der Waals surface area contributed by atoms with Crippen LogP contribution in [-0.4, -0.2) is 28.0 Å². The zero-order valence-corrected chi connectivity index (χ0v) is 8.72. The fourth-order valence-electron chi connectivity index (χ4n) is 1.53. The molecule has 0 aromatic heterocycles. The molecule has 1 aromatic carbocycles. The van der Waals surface area contributed by atoms with Crippen molar-refractivity contribution in [3.63, 3.8) is 0 Å². The van der Waals surface area contributed by atoms with Gasteiger partial charge in [-0.05, 0) is 36.6 Å². The standard InChI is InChI=1S/C11H17NO3/c1-7-6-8(14)2-3-9(7)11(15)10(12)4-5-13/h2-3,6,10-11,13-15H,4-5,12H2,1H3. The van der Waals surface area contributed by atoms with Crippen LogP contribution in [-0.2, 0) is 0 Å². The highest BCUT2D eigenvalue weighted by Crippen LogP contribution is 2.24. The van der Waals surface area contributed by atoms with E-state index in [0.717, 1.165) is 5.56 Å². The van der Waals surface area contributed by atoms with Crippen LogP contribution >= 0.6 is 0 Å². The number of phenolic OH excluding ortho intramolecular Hbond substituents is 1. The molecule has 15 heavy (non-hydrogen) atoms. The van der Waals surface area contributed by atoms with E-state index in [1.807, 2.05) is 0 Å². The number of benzene rings is 1. The summed E-state index contributed by atoms with van der Waals surface area (Å²) >= 11 is 0. The minimum atomic E-state index is -0.808. The molecule has 5 N–H and O–H groups in total. The Balaban J connectivity index is 2.86. The van der Waals surface area contributed by atoms with Crippen LogP contribution < -0.4 is 5.73 Å². The first-order chi connectivity index (χ1) is 7.06. The van der Waals surface area contributed by atoms with Crippen molar-refractivity contribution in [2.45, 2.75) is 25.5 Å². The fraction of sp³-hybridized carbons (Fsp3) is 0.455. The Morgan fingerprint density at radius 2 is 2.07 bits per heavy atom. The average molecular weight is 211 g/mol. The summed E-state index contributed by atoms with van der Waals surface area (Å²) in [5, 5.41) is 27.8. The van der Waals surface area contributed by atoms with E-state index < -0.39 is 12.1 Å². The van der Waals surface area contributed by atoms with Crippen LogP contribution in [0.1, 0.15) is 23.7 Å². The van der Waals surface area contributed by atoms with Gasteiger partial charge in [-0.1, -0.05) is 6.07 Å². The van der Waals surface area contributed by atoms with E-state index in [1.54, 1.807) is 19.1 Å². The smallest absolute Gasteiger partial charge is 0.115 e. The molecule has 0 saturated heterocycles. The minimum Gasteiger partial charge on any atom is -0.508 e. The first kappa shape index (κ1) is 12.0. The van der Waals surface area contributed by atoms with Crippen LogP contribution in [0.4, 0.5) is 0 Å². The van der Waals surface area contributed by atoms with E-state index in [1.165, 1.54) is 6.07 Å². The molecule has 0 fully saturated rings. The lowest BCUT2D eigenvalue weighted by Gasteiger charge is -2.20. The summed E-state index contributed by atoms with van der Waals surface area (Å²) in [7, 11) is 0. The molecule has 0 aliphatic rings. The zero-order chi connectivity index (χ0) is 11.4. The molecule has 2 unspecified atom stereocenters. The molecule has 4 heteroatoms. The number of aromatic hydroxyl groups is 1. The molecule has 0 aliphatic carbocycles. The molecule has 0 spiro atoms. The summed E-state index contributed by atoms with van der Waals surface area (Å²) in [4.78, 5) is 0. The van der Waals surface area contributed by atoms with Gasteiger partial charge in [0.25, 0.3) is 0 Å². The van der Waals surface area contributed by atoms with Gasteiger partial charge in [0.05, 0.1) is 6.10 Å². The number of aliphatic hydroxyl groups excluding tert-OH is 2. The molecule has 0 heterocycles. The van der Waals surface area contributed by atoms with Gasteiger partial charge in [0.2, 0.25) is 0 Å². The van der Waals surface area contributed by atoms with E-state index in [2.05, 4.69) is 0 Å². The molecule has 84 valence electrons. The van der Waals surface area contributed by atoms with Gasteiger partial charge in [0.1, 0.15) is 5.75 Å². The van der Waals surface area contributed by atoms with Gasteiger partial charge >= 0.3 is 0 Å². The highest BCUT2D eigenvalue weighted by molar-refractivity contribution is 5.35. The largest absolute Gasteiger partial charge is 0.508 e. The molecule has 1 rings (SSSR count). The quantitative estimate of drug-likeness (QED) is 0.582. The van der Waals surface area contributed by atoms with Crippen LogP contribution in [0.5, 0.6) is 5.75 Å². The first-order valence-electron chi connectivity index (χ1n) is 4.90.